The van der Waals surface area contributed by atoms with Gasteiger partial charge in [-0.1, -0.05) is 23.2 Å². The van der Waals surface area contributed by atoms with Gasteiger partial charge in [-0.25, -0.2) is 0 Å². The minimum Gasteiger partial charge on any atom is -0.378 e. The van der Waals surface area contributed by atoms with Gasteiger partial charge in [-0.05, 0) is 38.0 Å². The Labute approximate surface area is 139 Å². The average molecular weight is 348 g/mol. The number of likely N-dealkylation sites (tertiary alicyclic amines) is 1. The van der Waals surface area contributed by atoms with Crippen LogP contribution in [0.25, 0.3) is 0 Å². The molecular formula is C15H19Cl2NO2S. The van der Waals surface area contributed by atoms with Crippen molar-refractivity contribution in [1.29, 1.82) is 0 Å². The van der Waals surface area contributed by atoms with Crippen LogP contribution in [0.2, 0.25) is 10.0 Å². The Balaban J connectivity index is 1.81. The topological polar surface area (TPSA) is 29.5 Å². The molecule has 0 aliphatic carbocycles. The number of ether oxygens (including phenoxy) is 1. The number of halogens is 2. The molecule has 1 aromatic rings. The Hall–Kier alpha value is -0.420. The number of carbonyl (C=O) groups is 1. The lowest BCUT2D eigenvalue weighted by molar-refractivity contribution is -0.130. The fourth-order valence-corrected chi connectivity index (χ4v) is 3.72. The van der Waals surface area contributed by atoms with Crippen molar-refractivity contribution in [2.45, 2.75) is 30.8 Å². The minimum atomic E-state index is 0.144. The third-order valence-electron chi connectivity index (χ3n) is 3.44. The van der Waals surface area contributed by atoms with Gasteiger partial charge < -0.3 is 9.64 Å². The highest BCUT2D eigenvalue weighted by atomic mass is 35.5. The van der Waals surface area contributed by atoms with Crippen molar-refractivity contribution in [3.8, 4) is 0 Å². The fraction of sp³-hybridized carbons (Fsp3) is 0.533. The molecule has 0 spiro atoms. The summed E-state index contributed by atoms with van der Waals surface area (Å²) >= 11 is 13.5. The van der Waals surface area contributed by atoms with E-state index in [2.05, 4.69) is 0 Å². The number of thioether (sulfide) groups is 1. The summed E-state index contributed by atoms with van der Waals surface area (Å²) in [5, 5.41) is 1.26. The molecule has 1 heterocycles. The molecule has 0 aromatic heterocycles. The van der Waals surface area contributed by atoms with Crippen LogP contribution in [0.1, 0.15) is 19.8 Å². The predicted octanol–water partition coefficient (Wildman–Crippen LogP) is 4.11. The molecule has 1 aliphatic heterocycles. The Morgan fingerprint density at radius 2 is 2.10 bits per heavy atom. The molecule has 3 nitrogen and oxygen atoms in total. The van der Waals surface area contributed by atoms with Crippen LogP contribution >= 0.6 is 35.0 Å². The van der Waals surface area contributed by atoms with E-state index >= 15 is 0 Å². The van der Waals surface area contributed by atoms with E-state index in [9.17, 15) is 4.79 Å². The number of rotatable bonds is 5. The second kappa shape index (κ2) is 8.28. The largest absolute Gasteiger partial charge is 0.378 e. The van der Waals surface area contributed by atoms with Gasteiger partial charge in [0.1, 0.15) is 0 Å². The average Bonchev–Trinajstić information content (AvgIpc) is 2.49. The number of piperidine rings is 1. The molecule has 6 heteroatoms. The van der Waals surface area contributed by atoms with Crippen LogP contribution < -0.4 is 0 Å². The zero-order valence-electron chi connectivity index (χ0n) is 12.0. The van der Waals surface area contributed by atoms with E-state index in [1.807, 2.05) is 11.8 Å². The summed E-state index contributed by atoms with van der Waals surface area (Å²) in [6, 6.07) is 5.29. The van der Waals surface area contributed by atoms with Gasteiger partial charge in [0.2, 0.25) is 5.91 Å². The molecule has 0 radical (unpaired) electrons. The van der Waals surface area contributed by atoms with Crippen LogP contribution in [0.15, 0.2) is 23.1 Å². The molecule has 1 aromatic carbocycles. The quantitative estimate of drug-likeness (QED) is 0.750. The molecule has 1 aliphatic rings. The summed E-state index contributed by atoms with van der Waals surface area (Å²) in [4.78, 5) is 15.0. The zero-order chi connectivity index (χ0) is 15.2. The first-order valence-electron chi connectivity index (χ1n) is 7.07. The highest BCUT2D eigenvalue weighted by Crippen LogP contribution is 2.30. The molecule has 1 amide bonds. The lowest BCUT2D eigenvalue weighted by atomic mass is 10.1. The summed E-state index contributed by atoms with van der Waals surface area (Å²) in [6.07, 6.45) is 2.14. The monoisotopic (exact) mass is 347 g/mol. The maximum atomic E-state index is 12.2. The molecule has 1 saturated heterocycles. The van der Waals surface area contributed by atoms with Crippen molar-refractivity contribution in [3.05, 3.63) is 28.2 Å². The lowest BCUT2D eigenvalue weighted by Gasteiger charge is -2.31. The minimum absolute atomic E-state index is 0.144. The van der Waals surface area contributed by atoms with Crippen molar-refractivity contribution >= 4 is 40.9 Å². The van der Waals surface area contributed by atoms with Crippen molar-refractivity contribution in [3.63, 3.8) is 0 Å². The molecule has 0 saturated carbocycles. The molecule has 0 N–H and O–H groups in total. The van der Waals surface area contributed by atoms with E-state index < -0.39 is 0 Å². The first kappa shape index (κ1) is 16.9. The molecule has 21 heavy (non-hydrogen) atoms. The Morgan fingerprint density at radius 3 is 2.76 bits per heavy atom. The van der Waals surface area contributed by atoms with Gasteiger partial charge in [-0.15, -0.1) is 11.8 Å². The summed E-state index contributed by atoms with van der Waals surface area (Å²) < 4.78 is 5.59. The fourth-order valence-electron chi connectivity index (χ4n) is 2.33. The van der Waals surface area contributed by atoms with Gasteiger partial charge in [0, 0.05) is 29.6 Å². The van der Waals surface area contributed by atoms with Crippen LogP contribution in [-0.4, -0.2) is 42.4 Å². The molecule has 2 rings (SSSR count). The summed E-state index contributed by atoms with van der Waals surface area (Å²) in [5.74, 6) is 0.533. The van der Waals surface area contributed by atoms with Crippen LogP contribution in [-0.2, 0) is 9.53 Å². The Bertz CT molecular complexity index is 491. The number of benzene rings is 1. The lowest BCUT2D eigenvalue weighted by Crippen LogP contribution is -2.41. The number of carbonyl (C=O) groups excluding carboxylic acids is 1. The molecule has 1 fully saturated rings. The van der Waals surface area contributed by atoms with Crippen LogP contribution in [0.5, 0.6) is 0 Å². The van der Waals surface area contributed by atoms with Gasteiger partial charge >= 0.3 is 0 Å². The second-order valence-electron chi connectivity index (χ2n) is 4.90. The third-order valence-corrected chi connectivity index (χ3v) is 5.16. The van der Waals surface area contributed by atoms with Gasteiger partial charge in [0.15, 0.2) is 0 Å². The van der Waals surface area contributed by atoms with E-state index in [-0.39, 0.29) is 5.91 Å². The van der Waals surface area contributed by atoms with Crippen LogP contribution in [0, 0.1) is 0 Å². The molecule has 0 bridgehead atoms. The predicted molar refractivity (Wildman–Crippen MR) is 88.4 cm³/mol. The SMILES string of the molecule is CCOC1CCN(C(=O)CSc2cc(Cl)ccc2Cl)CC1. The third kappa shape index (κ3) is 5.06. The van der Waals surface area contributed by atoms with E-state index in [0.29, 0.717) is 21.9 Å². The van der Waals surface area contributed by atoms with E-state index in [0.717, 1.165) is 37.4 Å². The van der Waals surface area contributed by atoms with E-state index in [1.165, 1.54) is 11.8 Å². The van der Waals surface area contributed by atoms with Crippen LogP contribution in [0.3, 0.4) is 0 Å². The normalized spacial score (nSPS) is 16.2. The number of nitrogens with zero attached hydrogens (tertiary/aromatic N) is 1. The first-order valence-corrected chi connectivity index (χ1v) is 8.81. The number of hydrogen-bond donors (Lipinski definition) is 0. The van der Waals surface area contributed by atoms with Crippen molar-refractivity contribution in [2.24, 2.45) is 0 Å². The molecule has 0 unspecified atom stereocenters. The van der Waals surface area contributed by atoms with Crippen molar-refractivity contribution in [1.82, 2.24) is 4.90 Å². The molecule has 116 valence electrons. The van der Waals surface area contributed by atoms with E-state index in [4.69, 9.17) is 27.9 Å². The smallest absolute Gasteiger partial charge is 0.232 e. The maximum Gasteiger partial charge on any atom is 0.232 e. The summed E-state index contributed by atoms with van der Waals surface area (Å²) in [6.45, 7) is 4.28. The van der Waals surface area contributed by atoms with Crippen molar-refractivity contribution in [2.75, 3.05) is 25.4 Å². The van der Waals surface area contributed by atoms with Gasteiger partial charge in [0.05, 0.1) is 16.9 Å². The molecule has 0 atom stereocenters. The zero-order valence-corrected chi connectivity index (χ0v) is 14.3. The van der Waals surface area contributed by atoms with E-state index in [1.54, 1.807) is 18.2 Å². The standard InChI is InChI=1S/C15H19Cl2NO2S/c1-2-20-12-5-7-18(8-6-12)15(19)10-21-14-9-11(16)3-4-13(14)17/h3-4,9,12H,2,5-8,10H2,1H3. The first-order chi connectivity index (χ1) is 10.1. The molecular weight excluding hydrogens is 329 g/mol. The Morgan fingerprint density at radius 1 is 1.38 bits per heavy atom. The van der Waals surface area contributed by atoms with Gasteiger partial charge in [0.25, 0.3) is 0 Å². The van der Waals surface area contributed by atoms with Crippen molar-refractivity contribution < 1.29 is 9.53 Å². The summed E-state index contributed by atoms with van der Waals surface area (Å²) in [5.41, 5.74) is 0. The van der Waals surface area contributed by atoms with Crippen LogP contribution in [0.4, 0.5) is 0 Å². The van der Waals surface area contributed by atoms with Gasteiger partial charge in [-0.2, -0.15) is 0 Å². The second-order valence-corrected chi connectivity index (χ2v) is 6.76. The highest BCUT2D eigenvalue weighted by molar-refractivity contribution is 8.00. The Kier molecular flexibility index (Phi) is 6.68. The highest BCUT2D eigenvalue weighted by Gasteiger charge is 2.22. The number of hydrogen-bond acceptors (Lipinski definition) is 3. The maximum absolute atomic E-state index is 12.2. The van der Waals surface area contributed by atoms with Gasteiger partial charge in [-0.3, -0.25) is 4.79 Å². The number of amides is 1. The summed E-state index contributed by atoms with van der Waals surface area (Å²) in [7, 11) is 0.